The summed E-state index contributed by atoms with van der Waals surface area (Å²) < 4.78 is 21.7. The van der Waals surface area contributed by atoms with E-state index in [1.807, 2.05) is 44.2 Å². The maximum absolute atomic E-state index is 11.7. The van der Waals surface area contributed by atoms with E-state index in [1.54, 1.807) is 6.92 Å². The Labute approximate surface area is 170 Å². The number of furan rings is 1. The molecular formula is C22H29NO6. The molecule has 0 radical (unpaired) electrons. The molecule has 1 aromatic heterocycles. The van der Waals surface area contributed by atoms with E-state index in [2.05, 4.69) is 5.16 Å². The van der Waals surface area contributed by atoms with E-state index in [4.69, 9.17) is 23.5 Å². The lowest BCUT2D eigenvalue weighted by atomic mass is 10.0. The van der Waals surface area contributed by atoms with E-state index < -0.39 is 11.8 Å². The Kier molecular flexibility index (Phi) is 6.92. The highest BCUT2D eigenvalue weighted by Gasteiger charge is 2.41. The molecule has 0 spiro atoms. The first-order valence-corrected chi connectivity index (χ1v) is 9.97. The Morgan fingerprint density at radius 1 is 1.31 bits per heavy atom. The number of para-hydroxylation sites is 1. The zero-order chi connectivity index (χ0) is 20.9. The normalized spacial score (nSPS) is 23.7. The van der Waals surface area contributed by atoms with E-state index in [0.717, 1.165) is 30.2 Å². The molecule has 158 valence electrons. The van der Waals surface area contributed by atoms with Crippen molar-refractivity contribution in [1.29, 1.82) is 0 Å². The van der Waals surface area contributed by atoms with Crippen molar-refractivity contribution in [2.45, 2.75) is 51.9 Å². The minimum atomic E-state index is -1.29. The molecule has 1 fully saturated rings. The van der Waals surface area contributed by atoms with Crippen LogP contribution in [0.3, 0.4) is 0 Å². The van der Waals surface area contributed by atoms with Crippen molar-refractivity contribution in [2.75, 3.05) is 20.3 Å². The molecule has 7 heteroatoms. The summed E-state index contributed by atoms with van der Waals surface area (Å²) in [5.41, 5.74) is 1.55. The molecule has 7 nitrogen and oxygen atoms in total. The van der Waals surface area contributed by atoms with Crippen molar-refractivity contribution in [2.24, 2.45) is 11.1 Å². The number of ether oxygens (including phenoxy) is 3. The summed E-state index contributed by atoms with van der Waals surface area (Å²) in [7, 11) is 1.33. The molecule has 2 heterocycles. The molecule has 1 aliphatic heterocycles. The van der Waals surface area contributed by atoms with Crippen LogP contribution < -0.4 is 0 Å². The van der Waals surface area contributed by atoms with Crippen molar-refractivity contribution >= 4 is 22.7 Å². The largest absolute Gasteiger partial charge is 0.465 e. The summed E-state index contributed by atoms with van der Waals surface area (Å²) in [6, 6.07) is 9.82. The van der Waals surface area contributed by atoms with E-state index in [0.29, 0.717) is 24.7 Å². The molecule has 2 aromatic rings. The molecule has 3 rings (SSSR count). The fraction of sp³-hybridized carbons (Fsp3) is 0.545. The first-order valence-electron chi connectivity index (χ1n) is 9.97. The van der Waals surface area contributed by atoms with Crippen molar-refractivity contribution in [3.63, 3.8) is 0 Å². The summed E-state index contributed by atoms with van der Waals surface area (Å²) in [6.45, 7) is 6.42. The zero-order valence-corrected chi connectivity index (χ0v) is 17.5. The molecule has 1 aliphatic rings. The van der Waals surface area contributed by atoms with Crippen molar-refractivity contribution in [3.8, 4) is 0 Å². The van der Waals surface area contributed by atoms with E-state index in [-0.39, 0.29) is 12.0 Å². The summed E-state index contributed by atoms with van der Waals surface area (Å²) in [6.07, 6.45) is 2.73. The lowest BCUT2D eigenvalue weighted by Crippen LogP contribution is -2.48. The Bertz CT molecular complexity index is 817. The number of carbonyl (C=O) groups is 1. The quantitative estimate of drug-likeness (QED) is 0.372. The van der Waals surface area contributed by atoms with Gasteiger partial charge in [-0.3, -0.25) is 0 Å². The number of rotatable bonds is 8. The molecule has 0 N–H and O–H groups in total. The second-order valence-corrected chi connectivity index (χ2v) is 7.60. The van der Waals surface area contributed by atoms with E-state index >= 15 is 0 Å². The summed E-state index contributed by atoms with van der Waals surface area (Å²) >= 11 is 0. The molecule has 29 heavy (non-hydrogen) atoms. The van der Waals surface area contributed by atoms with Crippen LogP contribution in [0.15, 0.2) is 39.9 Å². The highest BCUT2D eigenvalue weighted by atomic mass is 16.7. The Hall–Kier alpha value is -2.38. The average molecular weight is 403 g/mol. The first-order chi connectivity index (χ1) is 13.9. The smallest absolute Gasteiger partial charge is 0.366 e. The molecule has 1 atom stereocenters. The number of benzene rings is 1. The monoisotopic (exact) mass is 403 g/mol. The number of oxime groups is 1. The second-order valence-electron chi connectivity index (χ2n) is 7.60. The third-order valence-corrected chi connectivity index (χ3v) is 5.12. The lowest BCUT2D eigenvalue weighted by molar-refractivity contribution is -0.272. The molecule has 0 saturated carbocycles. The van der Waals surface area contributed by atoms with Gasteiger partial charge in [0.15, 0.2) is 5.76 Å². The number of esters is 1. The summed E-state index contributed by atoms with van der Waals surface area (Å²) in [5.74, 6) is -0.829. The topological polar surface area (TPSA) is 79.5 Å². The Balaban J connectivity index is 1.39. The van der Waals surface area contributed by atoms with Crippen LogP contribution in [0.1, 0.15) is 45.8 Å². The van der Waals surface area contributed by atoms with Crippen molar-refractivity contribution in [1.82, 2.24) is 0 Å². The SMILES string of the molecule is COC(=O)C1(C)OCC(CCCC(C)ON=C(C)c2cc3ccccc3o2)CO1. The van der Waals surface area contributed by atoms with Crippen molar-refractivity contribution in [3.05, 3.63) is 36.1 Å². The third-order valence-electron chi connectivity index (χ3n) is 5.12. The Morgan fingerprint density at radius 2 is 2.03 bits per heavy atom. The summed E-state index contributed by atoms with van der Waals surface area (Å²) in [4.78, 5) is 17.3. The van der Waals surface area contributed by atoms with Gasteiger partial charge in [-0.2, -0.15) is 0 Å². The van der Waals surface area contributed by atoms with Gasteiger partial charge in [0.1, 0.15) is 17.4 Å². The predicted molar refractivity (Wildman–Crippen MR) is 109 cm³/mol. The Morgan fingerprint density at radius 3 is 2.72 bits per heavy atom. The highest BCUT2D eigenvalue weighted by molar-refractivity contribution is 5.99. The van der Waals surface area contributed by atoms with Crippen LogP contribution in [0, 0.1) is 5.92 Å². The van der Waals surface area contributed by atoms with Gasteiger partial charge in [0.2, 0.25) is 0 Å². The van der Waals surface area contributed by atoms with Crippen LogP contribution in [0.4, 0.5) is 0 Å². The maximum atomic E-state index is 11.7. The standard InChI is InChI=1S/C22H29NO6/c1-15(8-7-9-17-13-26-22(3,27-14-17)21(24)25-4)29-23-16(2)20-12-18-10-5-6-11-19(18)28-20/h5-6,10-12,15,17H,7-9,13-14H2,1-4H3. The van der Waals surface area contributed by atoms with Crippen LogP contribution in [-0.2, 0) is 23.8 Å². The van der Waals surface area contributed by atoms with Crippen LogP contribution >= 0.6 is 0 Å². The van der Waals surface area contributed by atoms with Crippen LogP contribution in [0.5, 0.6) is 0 Å². The molecule has 0 aliphatic carbocycles. The molecule has 1 aromatic carbocycles. The average Bonchev–Trinajstić information content (AvgIpc) is 3.17. The van der Waals surface area contributed by atoms with Gasteiger partial charge in [-0.25, -0.2) is 4.79 Å². The second kappa shape index (κ2) is 9.41. The predicted octanol–water partition coefficient (Wildman–Crippen LogP) is 4.28. The van der Waals surface area contributed by atoms with Gasteiger partial charge >= 0.3 is 5.97 Å². The van der Waals surface area contributed by atoms with Gasteiger partial charge in [-0.1, -0.05) is 23.4 Å². The van der Waals surface area contributed by atoms with E-state index in [9.17, 15) is 4.79 Å². The van der Waals surface area contributed by atoms with Gasteiger partial charge in [0.05, 0.1) is 20.3 Å². The number of fused-ring (bicyclic) bond motifs is 1. The minimum absolute atomic E-state index is 0.0138. The highest BCUT2D eigenvalue weighted by Crippen LogP contribution is 2.26. The number of hydrogen-bond acceptors (Lipinski definition) is 7. The van der Waals surface area contributed by atoms with Crippen LogP contribution in [0.2, 0.25) is 0 Å². The lowest BCUT2D eigenvalue weighted by Gasteiger charge is -2.35. The fourth-order valence-corrected chi connectivity index (χ4v) is 3.23. The molecular weight excluding hydrogens is 374 g/mol. The van der Waals surface area contributed by atoms with Crippen LogP contribution in [-0.4, -0.2) is 43.9 Å². The number of hydrogen-bond donors (Lipinski definition) is 0. The van der Waals surface area contributed by atoms with Gasteiger partial charge in [0, 0.05) is 18.2 Å². The van der Waals surface area contributed by atoms with Crippen molar-refractivity contribution < 1.29 is 28.3 Å². The molecule has 0 amide bonds. The zero-order valence-electron chi connectivity index (χ0n) is 17.5. The number of carbonyl (C=O) groups excluding carboxylic acids is 1. The first kappa shape index (κ1) is 21.3. The van der Waals surface area contributed by atoms with E-state index in [1.165, 1.54) is 7.11 Å². The fourth-order valence-electron chi connectivity index (χ4n) is 3.23. The molecule has 0 bridgehead atoms. The van der Waals surface area contributed by atoms with Crippen LogP contribution in [0.25, 0.3) is 11.0 Å². The maximum Gasteiger partial charge on any atom is 0.366 e. The van der Waals surface area contributed by atoms with Gasteiger partial charge < -0.3 is 23.5 Å². The minimum Gasteiger partial charge on any atom is -0.465 e. The van der Waals surface area contributed by atoms with Gasteiger partial charge in [-0.15, -0.1) is 0 Å². The third kappa shape index (κ3) is 5.36. The molecule has 1 unspecified atom stereocenters. The number of methoxy groups -OCH3 is 1. The summed E-state index contributed by atoms with van der Waals surface area (Å²) in [5, 5.41) is 5.27. The van der Waals surface area contributed by atoms with Gasteiger partial charge in [0.25, 0.3) is 5.79 Å². The number of nitrogens with zero attached hydrogens (tertiary/aromatic N) is 1. The van der Waals surface area contributed by atoms with Gasteiger partial charge in [-0.05, 0) is 45.2 Å². The molecule has 1 saturated heterocycles.